The monoisotopic (exact) mass is 236 g/mol. The maximum Gasteiger partial charge on any atom is 0.159 e. The Labute approximate surface area is 105 Å². The van der Waals surface area contributed by atoms with Gasteiger partial charge in [-0.25, -0.2) is 9.97 Å². The molecule has 0 unspecified atom stereocenters. The van der Waals surface area contributed by atoms with Crippen molar-refractivity contribution >= 4 is 16.7 Å². The van der Waals surface area contributed by atoms with E-state index in [0.717, 1.165) is 29.0 Å². The molecular formula is C14H12N4. The largest absolute Gasteiger partial charge is 0.279 e. The fraction of sp³-hybridized carbons (Fsp3) is 0.214. The number of nitrogens with zero attached hydrogens (tertiary/aromatic N) is 4. The summed E-state index contributed by atoms with van der Waals surface area (Å²) in [4.78, 5) is 9.07. The molecule has 88 valence electrons. The highest BCUT2D eigenvalue weighted by Gasteiger charge is 2.14. The third-order valence-corrected chi connectivity index (χ3v) is 3.14. The van der Waals surface area contributed by atoms with Gasteiger partial charge < -0.3 is 0 Å². The van der Waals surface area contributed by atoms with Crippen molar-refractivity contribution < 1.29 is 0 Å². The number of para-hydroxylation sites is 2. The summed E-state index contributed by atoms with van der Waals surface area (Å²) in [6.45, 7) is 3.95. The molecule has 0 amide bonds. The van der Waals surface area contributed by atoms with Gasteiger partial charge in [-0.15, -0.1) is 0 Å². The molecule has 0 spiro atoms. The number of rotatable bonds is 1. The lowest BCUT2D eigenvalue weighted by Crippen LogP contribution is -2.03. The maximum absolute atomic E-state index is 9.32. The fourth-order valence-corrected chi connectivity index (χ4v) is 2.32. The molecule has 18 heavy (non-hydrogen) atoms. The number of nitriles is 1. The molecule has 0 bridgehead atoms. The third kappa shape index (κ3) is 1.31. The molecule has 0 radical (unpaired) electrons. The Kier molecular flexibility index (Phi) is 2.27. The average Bonchev–Trinajstić information content (AvgIpc) is 2.78. The van der Waals surface area contributed by atoms with Crippen LogP contribution in [0.5, 0.6) is 0 Å². The van der Waals surface area contributed by atoms with Gasteiger partial charge in [0, 0.05) is 0 Å². The Bertz CT molecular complexity index is 793. The van der Waals surface area contributed by atoms with Crippen molar-refractivity contribution in [1.29, 1.82) is 5.26 Å². The first-order chi connectivity index (χ1) is 8.76. The van der Waals surface area contributed by atoms with E-state index in [0.29, 0.717) is 11.2 Å². The molecule has 1 aromatic carbocycles. The molecule has 3 aromatic rings. The van der Waals surface area contributed by atoms with Gasteiger partial charge in [0.05, 0.1) is 16.7 Å². The summed E-state index contributed by atoms with van der Waals surface area (Å²) in [7, 11) is 0. The first-order valence-corrected chi connectivity index (χ1v) is 5.93. The third-order valence-electron chi connectivity index (χ3n) is 3.14. The summed E-state index contributed by atoms with van der Waals surface area (Å²) in [6, 6.07) is 10.1. The zero-order valence-corrected chi connectivity index (χ0v) is 10.3. The zero-order valence-electron chi connectivity index (χ0n) is 10.3. The van der Waals surface area contributed by atoms with Crippen LogP contribution in [0.4, 0.5) is 0 Å². The normalized spacial score (nSPS) is 10.9. The minimum atomic E-state index is 0.583. The molecule has 0 aliphatic carbocycles. The Morgan fingerprint density at radius 3 is 2.78 bits per heavy atom. The second-order valence-corrected chi connectivity index (χ2v) is 4.21. The summed E-state index contributed by atoms with van der Waals surface area (Å²) in [6.07, 6.45) is 0.740. The number of imidazole rings is 1. The molecule has 0 N–H and O–H groups in total. The predicted molar refractivity (Wildman–Crippen MR) is 69.3 cm³/mol. The van der Waals surface area contributed by atoms with Crippen molar-refractivity contribution in [2.45, 2.75) is 20.3 Å². The Balaban J connectivity index is 2.59. The number of aromatic nitrogens is 3. The van der Waals surface area contributed by atoms with Gasteiger partial charge in [0.15, 0.2) is 5.65 Å². The molecule has 3 rings (SSSR count). The first-order valence-electron chi connectivity index (χ1n) is 5.93. The fourth-order valence-electron chi connectivity index (χ4n) is 2.32. The lowest BCUT2D eigenvalue weighted by atomic mass is 10.2. The van der Waals surface area contributed by atoms with Crippen LogP contribution in [0.25, 0.3) is 16.7 Å². The van der Waals surface area contributed by atoms with E-state index in [4.69, 9.17) is 0 Å². The first kappa shape index (κ1) is 10.7. The van der Waals surface area contributed by atoms with Gasteiger partial charge in [-0.2, -0.15) is 5.26 Å². The van der Waals surface area contributed by atoms with Crippen LogP contribution >= 0.6 is 0 Å². The number of aryl methyl sites for hydroxylation is 2. The number of benzene rings is 1. The zero-order chi connectivity index (χ0) is 12.7. The van der Waals surface area contributed by atoms with Crippen LogP contribution in [0, 0.1) is 18.3 Å². The van der Waals surface area contributed by atoms with Crippen LogP contribution in [-0.2, 0) is 6.42 Å². The van der Waals surface area contributed by atoms with E-state index >= 15 is 0 Å². The molecule has 0 fully saturated rings. The molecule has 0 aliphatic rings. The quantitative estimate of drug-likeness (QED) is 0.652. The highest BCUT2D eigenvalue weighted by molar-refractivity contribution is 5.82. The van der Waals surface area contributed by atoms with Gasteiger partial charge in [0.25, 0.3) is 0 Å². The van der Waals surface area contributed by atoms with E-state index in [1.54, 1.807) is 0 Å². The van der Waals surface area contributed by atoms with Gasteiger partial charge in [0.1, 0.15) is 17.5 Å². The van der Waals surface area contributed by atoms with E-state index in [9.17, 15) is 5.26 Å². The Morgan fingerprint density at radius 2 is 2.06 bits per heavy atom. The van der Waals surface area contributed by atoms with Crippen LogP contribution in [0.3, 0.4) is 0 Å². The predicted octanol–water partition coefficient (Wildman–Crippen LogP) is 2.63. The molecule has 4 nitrogen and oxygen atoms in total. The van der Waals surface area contributed by atoms with Crippen molar-refractivity contribution in [3.05, 3.63) is 41.3 Å². The smallest absolute Gasteiger partial charge is 0.159 e. The lowest BCUT2D eigenvalue weighted by Gasteiger charge is -2.06. The van der Waals surface area contributed by atoms with Crippen LogP contribution < -0.4 is 0 Å². The number of hydrogen-bond donors (Lipinski definition) is 0. The average molecular weight is 236 g/mol. The van der Waals surface area contributed by atoms with Crippen LogP contribution in [0.2, 0.25) is 0 Å². The topological polar surface area (TPSA) is 54.0 Å². The summed E-state index contributed by atoms with van der Waals surface area (Å²) >= 11 is 0. The van der Waals surface area contributed by atoms with Gasteiger partial charge in [-0.05, 0) is 25.5 Å². The Morgan fingerprint density at radius 1 is 1.28 bits per heavy atom. The number of hydrogen-bond acceptors (Lipinski definition) is 3. The van der Waals surface area contributed by atoms with Gasteiger partial charge >= 0.3 is 0 Å². The minimum Gasteiger partial charge on any atom is -0.279 e. The van der Waals surface area contributed by atoms with E-state index in [1.807, 2.05) is 42.5 Å². The van der Waals surface area contributed by atoms with E-state index in [2.05, 4.69) is 16.0 Å². The van der Waals surface area contributed by atoms with Crippen LogP contribution in [0.15, 0.2) is 24.3 Å². The molecule has 4 heteroatoms. The van der Waals surface area contributed by atoms with Crippen LogP contribution in [-0.4, -0.2) is 14.4 Å². The molecule has 0 aliphatic heterocycles. The molecule has 2 heterocycles. The second kappa shape index (κ2) is 3.81. The van der Waals surface area contributed by atoms with Crippen molar-refractivity contribution in [2.75, 3.05) is 0 Å². The SMILES string of the molecule is CCc1nc(C)n2c(nc3ccccc32)c1C#N. The second-order valence-electron chi connectivity index (χ2n) is 4.21. The standard InChI is InChI=1S/C14H12N4/c1-3-11-10(8-15)14-17-12-6-4-5-7-13(12)18(14)9(2)16-11/h4-7H,3H2,1-2H3. The maximum atomic E-state index is 9.32. The lowest BCUT2D eigenvalue weighted by molar-refractivity contribution is 0.924. The molecule has 0 atom stereocenters. The van der Waals surface area contributed by atoms with Crippen molar-refractivity contribution in [3.8, 4) is 6.07 Å². The van der Waals surface area contributed by atoms with Gasteiger partial charge in [0.2, 0.25) is 0 Å². The van der Waals surface area contributed by atoms with E-state index in [1.165, 1.54) is 0 Å². The highest BCUT2D eigenvalue weighted by Crippen LogP contribution is 2.22. The van der Waals surface area contributed by atoms with Crippen molar-refractivity contribution in [2.24, 2.45) is 0 Å². The number of fused-ring (bicyclic) bond motifs is 3. The van der Waals surface area contributed by atoms with Crippen molar-refractivity contribution in [3.63, 3.8) is 0 Å². The summed E-state index contributed by atoms with van der Waals surface area (Å²) in [5.41, 5.74) is 4.00. The summed E-state index contributed by atoms with van der Waals surface area (Å²) in [5.74, 6) is 0.870. The summed E-state index contributed by atoms with van der Waals surface area (Å²) in [5, 5.41) is 9.32. The van der Waals surface area contributed by atoms with Gasteiger partial charge in [-0.1, -0.05) is 19.1 Å². The molecule has 0 saturated carbocycles. The van der Waals surface area contributed by atoms with Gasteiger partial charge in [-0.3, -0.25) is 4.40 Å². The van der Waals surface area contributed by atoms with Crippen molar-refractivity contribution in [1.82, 2.24) is 14.4 Å². The minimum absolute atomic E-state index is 0.583. The highest BCUT2D eigenvalue weighted by atomic mass is 15.1. The Hall–Kier alpha value is -2.41. The van der Waals surface area contributed by atoms with E-state index in [-0.39, 0.29) is 0 Å². The molecular weight excluding hydrogens is 224 g/mol. The summed E-state index contributed by atoms with van der Waals surface area (Å²) < 4.78 is 1.95. The molecule has 0 saturated heterocycles. The molecule has 2 aromatic heterocycles. The van der Waals surface area contributed by atoms with Crippen LogP contribution in [0.1, 0.15) is 24.0 Å². The van der Waals surface area contributed by atoms with E-state index < -0.39 is 0 Å².